The molecule has 1 unspecified atom stereocenters. The van der Waals surface area contributed by atoms with Crippen LogP contribution in [0.15, 0.2) is 9.90 Å². The van der Waals surface area contributed by atoms with Crippen molar-refractivity contribution in [2.75, 3.05) is 12.3 Å². The van der Waals surface area contributed by atoms with E-state index in [2.05, 4.69) is 15.1 Å². The summed E-state index contributed by atoms with van der Waals surface area (Å²) in [6, 6.07) is 0. The van der Waals surface area contributed by atoms with Gasteiger partial charge < -0.3 is 15.0 Å². The van der Waals surface area contributed by atoms with Crippen LogP contribution in [0.2, 0.25) is 0 Å². The van der Waals surface area contributed by atoms with Gasteiger partial charge in [-0.3, -0.25) is 0 Å². The number of rotatable bonds is 8. The minimum absolute atomic E-state index is 0.0733. The Balaban J connectivity index is 1.83. The van der Waals surface area contributed by atoms with Crippen molar-refractivity contribution in [2.45, 2.75) is 45.6 Å². The Morgan fingerprint density at radius 2 is 2.20 bits per heavy atom. The highest BCUT2D eigenvalue weighted by atomic mass is 32.1. The standard InChI is InChI=1S/C13H20N4O2S/c1-3-10(18-4-2)12-16-11(19-17-12)7-5-6-9-8-20-13(14)15-9/h8,10H,3-7H2,1-2H3,(H2,14,15). The van der Waals surface area contributed by atoms with Crippen LogP contribution in [0.3, 0.4) is 0 Å². The summed E-state index contributed by atoms with van der Waals surface area (Å²) in [6.07, 6.45) is 3.29. The first-order chi connectivity index (χ1) is 9.72. The molecule has 0 saturated carbocycles. The van der Waals surface area contributed by atoms with Gasteiger partial charge >= 0.3 is 0 Å². The molecule has 2 aromatic heterocycles. The van der Waals surface area contributed by atoms with Crippen molar-refractivity contribution in [3.63, 3.8) is 0 Å². The first kappa shape index (κ1) is 14.9. The van der Waals surface area contributed by atoms with Gasteiger partial charge in [-0.2, -0.15) is 4.98 Å². The normalized spacial score (nSPS) is 12.7. The number of thiazole rings is 1. The summed E-state index contributed by atoms with van der Waals surface area (Å²) < 4.78 is 10.8. The fourth-order valence-electron chi connectivity index (χ4n) is 1.93. The lowest BCUT2D eigenvalue weighted by Crippen LogP contribution is -2.05. The Bertz CT molecular complexity index is 526. The molecule has 110 valence electrons. The maximum absolute atomic E-state index is 5.59. The smallest absolute Gasteiger partial charge is 0.226 e. The van der Waals surface area contributed by atoms with E-state index < -0.39 is 0 Å². The van der Waals surface area contributed by atoms with Crippen LogP contribution in [-0.2, 0) is 17.6 Å². The van der Waals surface area contributed by atoms with E-state index in [4.69, 9.17) is 15.0 Å². The molecule has 0 spiro atoms. The predicted molar refractivity (Wildman–Crippen MR) is 77.5 cm³/mol. The second-order valence-corrected chi connectivity index (χ2v) is 5.32. The molecule has 2 N–H and O–H groups in total. The van der Waals surface area contributed by atoms with Gasteiger partial charge in [-0.1, -0.05) is 12.1 Å². The highest BCUT2D eigenvalue weighted by Gasteiger charge is 2.16. The highest BCUT2D eigenvalue weighted by molar-refractivity contribution is 7.13. The van der Waals surface area contributed by atoms with Crippen molar-refractivity contribution in [1.29, 1.82) is 0 Å². The summed E-state index contributed by atoms with van der Waals surface area (Å²) in [5.74, 6) is 1.30. The Morgan fingerprint density at radius 3 is 2.85 bits per heavy atom. The Hall–Kier alpha value is -1.47. The number of nitrogens with two attached hydrogens (primary N) is 1. The minimum atomic E-state index is -0.0733. The van der Waals surface area contributed by atoms with Gasteiger partial charge in [0.1, 0.15) is 6.10 Å². The van der Waals surface area contributed by atoms with E-state index in [0.717, 1.165) is 31.4 Å². The van der Waals surface area contributed by atoms with Gasteiger partial charge in [0.25, 0.3) is 0 Å². The molecule has 0 saturated heterocycles. The van der Waals surface area contributed by atoms with E-state index in [1.54, 1.807) is 0 Å². The molecule has 2 aromatic rings. The van der Waals surface area contributed by atoms with Gasteiger partial charge in [0, 0.05) is 18.4 Å². The average Bonchev–Trinajstić information content (AvgIpc) is 3.06. The molecule has 6 nitrogen and oxygen atoms in total. The third-order valence-electron chi connectivity index (χ3n) is 2.90. The molecular formula is C13H20N4O2S. The fraction of sp³-hybridized carbons (Fsp3) is 0.615. The molecule has 0 bridgehead atoms. The monoisotopic (exact) mass is 296 g/mol. The Morgan fingerprint density at radius 1 is 1.35 bits per heavy atom. The van der Waals surface area contributed by atoms with Crippen molar-refractivity contribution in [3.05, 3.63) is 22.8 Å². The number of nitrogens with zero attached hydrogens (tertiary/aromatic N) is 3. The zero-order valence-electron chi connectivity index (χ0n) is 11.8. The van der Waals surface area contributed by atoms with Gasteiger partial charge in [-0.15, -0.1) is 11.3 Å². The van der Waals surface area contributed by atoms with E-state index in [0.29, 0.717) is 23.5 Å². The number of aromatic nitrogens is 3. The van der Waals surface area contributed by atoms with Gasteiger partial charge in [0.15, 0.2) is 5.13 Å². The lowest BCUT2D eigenvalue weighted by Gasteiger charge is -2.09. The van der Waals surface area contributed by atoms with Gasteiger partial charge in [0.2, 0.25) is 11.7 Å². The molecule has 20 heavy (non-hydrogen) atoms. The first-order valence-electron chi connectivity index (χ1n) is 6.86. The zero-order valence-corrected chi connectivity index (χ0v) is 12.7. The number of hydrogen-bond acceptors (Lipinski definition) is 7. The number of hydrogen-bond donors (Lipinski definition) is 1. The first-order valence-corrected chi connectivity index (χ1v) is 7.74. The molecule has 0 aliphatic carbocycles. The molecule has 0 aliphatic rings. The average molecular weight is 296 g/mol. The fourth-order valence-corrected chi connectivity index (χ4v) is 2.53. The van der Waals surface area contributed by atoms with E-state index in [-0.39, 0.29) is 6.10 Å². The lowest BCUT2D eigenvalue weighted by atomic mass is 10.2. The van der Waals surface area contributed by atoms with Crippen molar-refractivity contribution in [2.24, 2.45) is 0 Å². The van der Waals surface area contributed by atoms with Crippen LogP contribution in [0, 0.1) is 0 Å². The lowest BCUT2D eigenvalue weighted by molar-refractivity contribution is 0.0518. The van der Waals surface area contributed by atoms with Crippen LogP contribution in [0.5, 0.6) is 0 Å². The summed E-state index contributed by atoms with van der Waals surface area (Å²) in [4.78, 5) is 8.61. The molecule has 0 fully saturated rings. The maximum Gasteiger partial charge on any atom is 0.226 e. The van der Waals surface area contributed by atoms with Crippen molar-refractivity contribution in [3.8, 4) is 0 Å². The predicted octanol–water partition coefficient (Wildman–Crippen LogP) is 2.77. The highest BCUT2D eigenvalue weighted by Crippen LogP contribution is 2.18. The van der Waals surface area contributed by atoms with Crippen molar-refractivity contribution >= 4 is 16.5 Å². The number of aryl methyl sites for hydroxylation is 2. The molecule has 0 aromatic carbocycles. The second kappa shape index (κ2) is 7.35. The molecule has 7 heteroatoms. The second-order valence-electron chi connectivity index (χ2n) is 4.43. The number of anilines is 1. The van der Waals surface area contributed by atoms with Crippen LogP contribution < -0.4 is 5.73 Å². The molecule has 0 amide bonds. The Kier molecular flexibility index (Phi) is 5.49. The van der Waals surface area contributed by atoms with Crippen LogP contribution in [0.25, 0.3) is 0 Å². The largest absolute Gasteiger partial charge is 0.375 e. The van der Waals surface area contributed by atoms with E-state index in [9.17, 15) is 0 Å². The van der Waals surface area contributed by atoms with Gasteiger partial charge in [-0.05, 0) is 26.2 Å². The van der Waals surface area contributed by atoms with Crippen LogP contribution >= 0.6 is 11.3 Å². The van der Waals surface area contributed by atoms with E-state index >= 15 is 0 Å². The summed E-state index contributed by atoms with van der Waals surface area (Å²) in [5.41, 5.74) is 6.62. The molecule has 2 heterocycles. The van der Waals surface area contributed by atoms with Crippen molar-refractivity contribution < 1.29 is 9.26 Å². The van der Waals surface area contributed by atoms with Gasteiger partial charge in [0.05, 0.1) is 5.69 Å². The maximum atomic E-state index is 5.59. The van der Waals surface area contributed by atoms with E-state index in [1.807, 2.05) is 19.2 Å². The van der Waals surface area contributed by atoms with Crippen LogP contribution in [0.4, 0.5) is 5.13 Å². The zero-order chi connectivity index (χ0) is 14.4. The number of nitrogen functional groups attached to an aromatic ring is 1. The van der Waals surface area contributed by atoms with Crippen LogP contribution in [-0.4, -0.2) is 21.7 Å². The molecule has 0 radical (unpaired) electrons. The summed E-state index contributed by atoms with van der Waals surface area (Å²) in [5, 5.41) is 6.59. The summed E-state index contributed by atoms with van der Waals surface area (Å²) in [7, 11) is 0. The summed E-state index contributed by atoms with van der Waals surface area (Å²) >= 11 is 1.47. The topological polar surface area (TPSA) is 87.1 Å². The van der Waals surface area contributed by atoms with E-state index in [1.165, 1.54) is 11.3 Å². The quantitative estimate of drug-likeness (QED) is 0.806. The molecule has 2 rings (SSSR count). The molecule has 0 aliphatic heterocycles. The third kappa shape index (κ3) is 4.01. The minimum Gasteiger partial charge on any atom is -0.375 e. The third-order valence-corrected chi connectivity index (χ3v) is 3.63. The SMILES string of the molecule is CCOC(CC)c1noc(CCCc2csc(N)n2)n1. The van der Waals surface area contributed by atoms with Crippen molar-refractivity contribution in [1.82, 2.24) is 15.1 Å². The summed E-state index contributed by atoms with van der Waals surface area (Å²) in [6.45, 7) is 4.65. The Labute approximate surface area is 122 Å². The van der Waals surface area contributed by atoms with Crippen LogP contribution in [0.1, 0.15) is 50.2 Å². The molecule has 1 atom stereocenters. The van der Waals surface area contributed by atoms with Gasteiger partial charge in [-0.25, -0.2) is 4.98 Å². The molecular weight excluding hydrogens is 276 g/mol. The number of ether oxygens (including phenoxy) is 1.